The molecule has 150 valence electrons. The lowest BCUT2D eigenvalue weighted by molar-refractivity contribution is -0.114. The van der Waals surface area contributed by atoms with Gasteiger partial charge in [0.1, 0.15) is 17.3 Å². The summed E-state index contributed by atoms with van der Waals surface area (Å²) in [6, 6.07) is 6.39. The van der Waals surface area contributed by atoms with Crippen molar-refractivity contribution >= 4 is 39.1 Å². The van der Waals surface area contributed by atoms with Crippen LogP contribution in [0.4, 0.5) is 5.69 Å². The third kappa shape index (κ3) is 4.07. The third-order valence-corrected chi connectivity index (χ3v) is 6.14. The van der Waals surface area contributed by atoms with E-state index in [-0.39, 0.29) is 18.1 Å². The Balaban J connectivity index is 1.49. The predicted molar refractivity (Wildman–Crippen MR) is 111 cm³/mol. The predicted octanol–water partition coefficient (Wildman–Crippen LogP) is 3.42. The molecule has 1 atom stereocenters. The first-order valence-corrected chi connectivity index (χ1v) is 10.3. The lowest BCUT2D eigenvalue weighted by Gasteiger charge is -2.17. The van der Waals surface area contributed by atoms with Gasteiger partial charge in [-0.05, 0) is 55.0 Å². The van der Waals surface area contributed by atoms with Gasteiger partial charge in [-0.2, -0.15) is 0 Å². The molecule has 0 fully saturated rings. The van der Waals surface area contributed by atoms with Gasteiger partial charge >= 0.3 is 5.97 Å². The van der Waals surface area contributed by atoms with Crippen LogP contribution in [0, 0.1) is 5.92 Å². The number of anilines is 1. The van der Waals surface area contributed by atoms with E-state index in [4.69, 9.17) is 4.74 Å². The van der Waals surface area contributed by atoms with Gasteiger partial charge in [0.15, 0.2) is 0 Å². The fourth-order valence-electron chi connectivity index (χ4n) is 3.57. The zero-order valence-electron chi connectivity index (χ0n) is 16.2. The maximum atomic E-state index is 12.6. The molecule has 0 radical (unpaired) electrons. The Morgan fingerprint density at radius 2 is 2.07 bits per heavy atom. The van der Waals surface area contributed by atoms with Crippen molar-refractivity contribution < 1.29 is 14.3 Å². The molecule has 1 aromatic carbocycles. The Kier molecular flexibility index (Phi) is 5.19. The summed E-state index contributed by atoms with van der Waals surface area (Å²) in [4.78, 5) is 45.1. The summed E-state index contributed by atoms with van der Waals surface area (Å²) in [5.74, 6) is 0.237. The first kappa shape index (κ1) is 19.3. The fraction of sp³-hybridized carbons (Fsp3) is 0.333. The number of nitrogens with one attached hydrogen (secondary N) is 2. The topological polar surface area (TPSA) is 101 Å². The van der Waals surface area contributed by atoms with Crippen LogP contribution >= 0.6 is 11.3 Å². The first-order valence-electron chi connectivity index (χ1n) is 9.49. The molecule has 0 saturated carbocycles. The number of ether oxygens (including phenoxy) is 1. The molecule has 8 heteroatoms. The van der Waals surface area contributed by atoms with Crippen LogP contribution in [-0.2, 0) is 29.0 Å². The molecule has 1 unspecified atom stereocenters. The lowest BCUT2D eigenvalue weighted by Crippen LogP contribution is -2.16. The van der Waals surface area contributed by atoms with Gasteiger partial charge in [-0.15, -0.1) is 11.3 Å². The summed E-state index contributed by atoms with van der Waals surface area (Å²) in [5.41, 5.74) is 1.90. The second-order valence-corrected chi connectivity index (χ2v) is 8.46. The normalized spacial score (nSPS) is 15.7. The van der Waals surface area contributed by atoms with Gasteiger partial charge in [-0.25, -0.2) is 9.78 Å². The SMILES string of the molecule is CC(=O)Nc1ccc(C(=O)OCc2nc3sc4c(c3c(=O)[nH]2)CCC(C)C4)cc1. The van der Waals surface area contributed by atoms with E-state index in [1.165, 1.54) is 11.8 Å². The van der Waals surface area contributed by atoms with E-state index in [2.05, 4.69) is 22.2 Å². The van der Waals surface area contributed by atoms with Crippen molar-refractivity contribution in [2.45, 2.75) is 39.7 Å². The van der Waals surface area contributed by atoms with Gasteiger partial charge < -0.3 is 15.0 Å². The van der Waals surface area contributed by atoms with Crippen molar-refractivity contribution in [3.05, 3.63) is 56.4 Å². The highest BCUT2D eigenvalue weighted by Crippen LogP contribution is 2.35. The summed E-state index contributed by atoms with van der Waals surface area (Å²) < 4.78 is 5.30. The third-order valence-electron chi connectivity index (χ3n) is 5.00. The smallest absolute Gasteiger partial charge is 0.338 e. The molecule has 1 aliphatic rings. The van der Waals surface area contributed by atoms with Crippen LogP contribution in [0.15, 0.2) is 29.1 Å². The number of esters is 1. The molecular formula is C21H21N3O4S. The van der Waals surface area contributed by atoms with Crippen molar-refractivity contribution in [3.8, 4) is 0 Å². The van der Waals surface area contributed by atoms with Gasteiger partial charge in [0.05, 0.1) is 10.9 Å². The summed E-state index contributed by atoms with van der Waals surface area (Å²) >= 11 is 1.56. The first-order chi connectivity index (χ1) is 13.9. The van der Waals surface area contributed by atoms with Crippen LogP contribution in [0.1, 0.15) is 46.9 Å². The molecule has 7 nitrogen and oxygen atoms in total. The van der Waals surface area contributed by atoms with Crippen LogP contribution in [0.2, 0.25) is 0 Å². The molecule has 1 amide bonds. The van der Waals surface area contributed by atoms with Crippen LogP contribution in [0.5, 0.6) is 0 Å². The molecule has 29 heavy (non-hydrogen) atoms. The number of thiophene rings is 1. The zero-order valence-corrected chi connectivity index (χ0v) is 17.0. The number of rotatable bonds is 4. The summed E-state index contributed by atoms with van der Waals surface area (Å²) in [7, 11) is 0. The Morgan fingerprint density at radius 3 is 2.79 bits per heavy atom. The number of nitrogens with zero attached hydrogens (tertiary/aromatic N) is 1. The Labute approximate surface area is 171 Å². The zero-order chi connectivity index (χ0) is 20.5. The fourth-order valence-corrected chi connectivity index (χ4v) is 4.97. The lowest BCUT2D eigenvalue weighted by atomic mass is 9.89. The minimum Gasteiger partial charge on any atom is -0.454 e. The van der Waals surface area contributed by atoms with Gasteiger partial charge in [-0.1, -0.05) is 6.92 Å². The number of carbonyl (C=O) groups is 2. The number of fused-ring (bicyclic) bond motifs is 3. The average molecular weight is 411 g/mol. The van der Waals surface area contributed by atoms with E-state index in [0.717, 1.165) is 24.8 Å². The highest BCUT2D eigenvalue weighted by molar-refractivity contribution is 7.18. The number of benzene rings is 1. The number of carbonyl (C=O) groups excluding carboxylic acids is 2. The highest BCUT2D eigenvalue weighted by atomic mass is 32.1. The number of hydrogen-bond acceptors (Lipinski definition) is 6. The van der Waals surface area contributed by atoms with Crippen molar-refractivity contribution in [1.29, 1.82) is 0 Å². The van der Waals surface area contributed by atoms with Crippen LogP contribution in [-0.4, -0.2) is 21.8 Å². The minimum atomic E-state index is -0.526. The molecule has 0 aliphatic heterocycles. The molecule has 2 N–H and O–H groups in total. The van der Waals surface area contributed by atoms with Crippen molar-refractivity contribution in [2.75, 3.05) is 5.32 Å². The summed E-state index contributed by atoms with van der Waals surface area (Å²) in [6.45, 7) is 3.52. The average Bonchev–Trinajstić information content (AvgIpc) is 3.04. The Morgan fingerprint density at radius 1 is 1.31 bits per heavy atom. The van der Waals surface area contributed by atoms with E-state index in [9.17, 15) is 14.4 Å². The van der Waals surface area contributed by atoms with Crippen LogP contribution < -0.4 is 10.9 Å². The molecule has 0 spiro atoms. The Hall–Kier alpha value is -3.00. The number of H-pyrrole nitrogens is 1. The maximum Gasteiger partial charge on any atom is 0.338 e. The molecule has 0 bridgehead atoms. The molecule has 3 aromatic rings. The van der Waals surface area contributed by atoms with Gasteiger partial charge in [0.25, 0.3) is 5.56 Å². The second kappa shape index (κ2) is 7.79. The number of amides is 1. The highest BCUT2D eigenvalue weighted by Gasteiger charge is 2.23. The number of aromatic nitrogens is 2. The molecular weight excluding hydrogens is 390 g/mol. The minimum absolute atomic E-state index is 0.115. The van der Waals surface area contributed by atoms with Gasteiger partial charge in [0, 0.05) is 17.5 Å². The van der Waals surface area contributed by atoms with E-state index in [1.807, 2.05) is 0 Å². The number of aryl methyl sites for hydroxylation is 1. The van der Waals surface area contributed by atoms with E-state index >= 15 is 0 Å². The van der Waals surface area contributed by atoms with Crippen molar-refractivity contribution in [2.24, 2.45) is 5.92 Å². The van der Waals surface area contributed by atoms with E-state index < -0.39 is 5.97 Å². The monoisotopic (exact) mass is 411 g/mol. The Bertz CT molecular complexity index is 1150. The van der Waals surface area contributed by atoms with Gasteiger partial charge in [0.2, 0.25) is 5.91 Å². The standard InChI is InChI=1S/C21H21N3O4S/c1-11-3-8-15-16(9-11)29-20-18(15)19(26)23-17(24-20)10-28-21(27)13-4-6-14(7-5-13)22-12(2)25/h4-7,11H,3,8-10H2,1-2H3,(H,22,25)(H,23,24,26). The molecule has 4 rings (SSSR count). The molecule has 0 saturated heterocycles. The summed E-state index contributed by atoms with van der Waals surface area (Å²) in [5, 5.41) is 3.32. The van der Waals surface area contributed by atoms with Gasteiger partial charge in [-0.3, -0.25) is 9.59 Å². The summed E-state index contributed by atoms with van der Waals surface area (Å²) in [6.07, 6.45) is 2.97. The second-order valence-electron chi connectivity index (χ2n) is 7.38. The number of hydrogen-bond donors (Lipinski definition) is 2. The van der Waals surface area contributed by atoms with E-state index in [1.54, 1.807) is 35.6 Å². The molecule has 1 aliphatic carbocycles. The number of aromatic amines is 1. The van der Waals surface area contributed by atoms with E-state index in [0.29, 0.717) is 33.2 Å². The van der Waals surface area contributed by atoms with Crippen LogP contribution in [0.3, 0.4) is 0 Å². The van der Waals surface area contributed by atoms with Crippen molar-refractivity contribution in [3.63, 3.8) is 0 Å². The molecule has 2 heterocycles. The largest absolute Gasteiger partial charge is 0.454 e. The van der Waals surface area contributed by atoms with Crippen LogP contribution in [0.25, 0.3) is 10.2 Å². The quantitative estimate of drug-likeness (QED) is 0.641. The molecule has 2 aromatic heterocycles. The maximum absolute atomic E-state index is 12.6. The van der Waals surface area contributed by atoms with Crippen molar-refractivity contribution in [1.82, 2.24) is 9.97 Å².